The van der Waals surface area contributed by atoms with Gasteiger partial charge in [0.25, 0.3) is 11.8 Å². The molecule has 2 aromatic heterocycles. The van der Waals surface area contributed by atoms with Crippen molar-refractivity contribution in [3.8, 4) is 0 Å². The molecule has 0 aromatic carbocycles. The topological polar surface area (TPSA) is 186 Å². The summed E-state index contributed by atoms with van der Waals surface area (Å²) in [5, 5.41) is 15.6. The van der Waals surface area contributed by atoms with Crippen LogP contribution >= 0.6 is 46.6 Å². The maximum absolute atomic E-state index is 12.8. The average molecular weight is 529 g/mol. The Bertz CT molecular complexity index is 1180. The lowest BCUT2D eigenvalue weighted by Crippen LogP contribution is -2.71. The van der Waals surface area contributed by atoms with Gasteiger partial charge in [-0.2, -0.15) is 13.7 Å². The van der Waals surface area contributed by atoms with Crippen LogP contribution in [0.4, 0.5) is 5.13 Å². The number of amides is 2. The number of nitrogens with two attached hydrogens (primary N) is 1. The second kappa shape index (κ2) is 9.62. The van der Waals surface area contributed by atoms with Crippen molar-refractivity contribution in [1.82, 2.24) is 28.9 Å². The number of hydrogen-bond acceptors (Lipinski definition) is 14. The van der Waals surface area contributed by atoms with Gasteiger partial charge in [0.05, 0.1) is 0 Å². The highest BCUT2D eigenvalue weighted by atomic mass is 32.2. The van der Waals surface area contributed by atoms with Crippen molar-refractivity contribution in [3.05, 3.63) is 22.9 Å². The quantitative estimate of drug-likeness (QED) is 0.183. The van der Waals surface area contributed by atoms with Gasteiger partial charge in [-0.25, -0.2) is 9.78 Å². The van der Waals surface area contributed by atoms with E-state index in [1.165, 1.54) is 47.1 Å². The van der Waals surface area contributed by atoms with Gasteiger partial charge < -0.3 is 21.0 Å². The van der Waals surface area contributed by atoms with Gasteiger partial charge in [-0.15, -0.1) is 11.8 Å². The fourth-order valence-electron chi connectivity index (χ4n) is 3.10. The molecule has 0 radical (unpaired) electrons. The summed E-state index contributed by atoms with van der Waals surface area (Å²) < 4.78 is 8.76. The van der Waals surface area contributed by atoms with Crippen molar-refractivity contribution in [2.45, 2.75) is 22.7 Å². The van der Waals surface area contributed by atoms with Crippen molar-refractivity contribution in [2.24, 2.45) is 5.16 Å². The predicted octanol–water partition coefficient (Wildman–Crippen LogP) is 0.162. The minimum atomic E-state index is -1.20. The van der Waals surface area contributed by atoms with Gasteiger partial charge in [0.2, 0.25) is 11.5 Å². The molecule has 13 nitrogen and oxygen atoms in total. The largest absolute Gasteiger partial charge is 0.477 e. The first-order valence-corrected chi connectivity index (χ1v) is 12.7. The van der Waals surface area contributed by atoms with E-state index in [4.69, 9.17) is 10.6 Å². The standard InChI is InChI=1S/C16H16N8O5S4/c1-5-18-16(33-22-5)31-4-6-3-30-13-8(12(26)24(13)9(6)14(27)28)19-11(25)7(21-29-2)10-20-15(17)32-23-10/h8,13H,3-4H2,1-2H3,(H,19,25)(H,27,28)(H2,17,20,23)/t8?,13-/m0/s1. The second-order valence-corrected chi connectivity index (χ2v) is 10.5. The highest BCUT2D eigenvalue weighted by molar-refractivity contribution is 8.01. The summed E-state index contributed by atoms with van der Waals surface area (Å²) in [4.78, 5) is 51.6. The molecule has 1 saturated heterocycles. The molecule has 2 aliphatic heterocycles. The smallest absolute Gasteiger partial charge is 0.352 e. The van der Waals surface area contributed by atoms with Crippen LogP contribution in [-0.4, -0.2) is 82.2 Å². The van der Waals surface area contributed by atoms with E-state index in [1.807, 2.05) is 0 Å². The minimum Gasteiger partial charge on any atom is -0.477 e. The number of anilines is 1. The third-order valence-corrected chi connectivity index (χ3v) is 8.36. The monoisotopic (exact) mass is 528 g/mol. The zero-order chi connectivity index (χ0) is 23.7. The summed E-state index contributed by atoms with van der Waals surface area (Å²) in [6, 6.07) is -0.935. The number of aryl methyl sites for hydroxylation is 1. The summed E-state index contributed by atoms with van der Waals surface area (Å²) in [5.41, 5.74) is 5.86. The van der Waals surface area contributed by atoms with Crippen molar-refractivity contribution >= 4 is 75.2 Å². The van der Waals surface area contributed by atoms with E-state index in [1.54, 1.807) is 6.92 Å². The molecular formula is C16H16N8O5S4. The fourth-order valence-corrected chi connectivity index (χ4v) is 6.66. The Morgan fingerprint density at radius 3 is 2.76 bits per heavy atom. The first-order valence-electron chi connectivity index (χ1n) is 9.14. The SMILES string of the molecule is CON=C(C(=O)NC1C(=O)N2C(C(=O)O)=C(CSc3nc(C)ns3)CS[C@@H]12)c1nsc(N)n1. The van der Waals surface area contributed by atoms with Gasteiger partial charge in [-0.1, -0.05) is 16.9 Å². The molecule has 2 aromatic rings. The number of thioether (sulfide) groups is 2. The summed E-state index contributed by atoms with van der Waals surface area (Å²) in [5.74, 6) is -1.11. The number of oxime groups is 1. The summed E-state index contributed by atoms with van der Waals surface area (Å²) in [6.07, 6.45) is 0. The Labute approximate surface area is 203 Å². The predicted molar refractivity (Wildman–Crippen MR) is 123 cm³/mol. The highest BCUT2D eigenvalue weighted by Gasteiger charge is 2.54. The zero-order valence-electron chi connectivity index (χ0n) is 17.0. The Balaban J connectivity index is 1.49. The van der Waals surface area contributed by atoms with Crippen LogP contribution in [0.2, 0.25) is 0 Å². The molecule has 0 aliphatic carbocycles. The number of carboxylic acids is 1. The van der Waals surface area contributed by atoms with Crippen LogP contribution < -0.4 is 11.1 Å². The lowest BCUT2D eigenvalue weighted by Gasteiger charge is -2.49. The van der Waals surface area contributed by atoms with Crippen LogP contribution in [0.1, 0.15) is 11.6 Å². The van der Waals surface area contributed by atoms with Crippen LogP contribution in [0.3, 0.4) is 0 Å². The molecule has 0 bridgehead atoms. The van der Waals surface area contributed by atoms with Gasteiger partial charge in [0.1, 0.15) is 30.0 Å². The Morgan fingerprint density at radius 1 is 1.36 bits per heavy atom. The number of rotatable bonds is 8. The van der Waals surface area contributed by atoms with Crippen molar-refractivity contribution < 1.29 is 24.3 Å². The zero-order valence-corrected chi connectivity index (χ0v) is 20.3. The van der Waals surface area contributed by atoms with Crippen LogP contribution in [-0.2, 0) is 19.2 Å². The number of nitrogens with zero attached hydrogens (tertiary/aromatic N) is 6. The second-order valence-electron chi connectivity index (χ2n) is 6.59. The average Bonchev–Trinajstić information content (AvgIpc) is 3.40. The maximum atomic E-state index is 12.8. The Kier molecular flexibility index (Phi) is 6.82. The Morgan fingerprint density at radius 2 is 2.15 bits per heavy atom. The van der Waals surface area contributed by atoms with E-state index in [0.29, 0.717) is 22.9 Å². The van der Waals surface area contributed by atoms with E-state index in [2.05, 4.69) is 29.2 Å². The molecule has 2 atom stereocenters. The van der Waals surface area contributed by atoms with Crippen molar-refractivity contribution in [1.29, 1.82) is 0 Å². The third-order valence-electron chi connectivity index (χ3n) is 4.47. The molecule has 4 N–H and O–H groups in total. The number of nitrogen functional groups attached to an aromatic ring is 1. The maximum Gasteiger partial charge on any atom is 0.352 e. The highest BCUT2D eigenvalue weighted by Crippen LogP contribution is 2.41. The normalized spacial score (nSPS) is 20.4. The Hall–Kier alpha value is -2.76. The molecule has 0 saturated carbocycles. The molecule has 4 heterocycles. The summed E-state index contributed by atoms with van der Waals surface area (Å²) in [6.45, 7) is 1.78. The van der Waals surface area contributed by atoms with Crippen LogP contribution in [0.25, 0.3) is 0 Å². The van der Waals surface area contributed by atoms with Gasteiger partial charge in [0.15, 0.2) is 9.47 Å². The molecule has 33 heavy (non-hydrogen) atoms. The van der Waals surface area contributed by atoms with E-state index in [0.717, 1.165) is 15.9 Å². The number of β-lactam (4-membered cyclic amide) rings is 1. The van der Waals surface area contributed by atoms with Gasteiger partial charge in [-0.3, -0.25) is 14.5 Å². The number of aromatic nitrogens is 4. The minimum absolute atomic E-state index is 0.0332. The van der Waals surface area contributed by atoms with Gasteiger partial charge >= 0.3 is 5.97 Å². The van der Waals surface area contributed by atoms with Crippen LogP contribution in [0.15, 0.2) is 20.8 Å². The molecule has 17 heteroatoms. The van der Waals surface area contributed by atoms with E-state index < -0.39 is 29.2 Å². The molecule has 2 aliphatic rings. The number of hydrogen-bond donors (Lipinski definition) is 3. The number of carboxylic acid groups (broad SMARTS) is 1. The van der Waals surface area contributed by atoms with E-state index in [-0.39, 0.29) is 22.4 Å². The lowest BCUT2D eigenvalue weighted by molar-refractivity contribution is -0.150. The third kappa shape index (κ3) is 4.66. The van der Waals surface area contributed by atoms with Gasteiger partial charge in [0, 0.05) is 23.0 Å². The first-order chi connectivity index (χ1) is 15.8. The number of fused-ring (bicyclic) bond motifs is 1. The van der Waals surface area contributed by atoms with Gasteiger partial charge in [-0.05, 0) is 24.0 Å². The number of carbonyl (C=O) groups excluding carboxylic acids is 2. The fraction of sp³-hybridized carbons (Fsp3) is 0.375. The molecule has 2 amide bonds. The van der Waals surface area contributed by atoms with Crippen molar-refractivity contribution in [3.63, 3.8) is 0 Å². The van der Waals surface area contributed by atoms with E-state index in [9.17, 15) is 19.5 Å². The molecule has 174 valence electrons. The van der Waals surface area contributed by atoms with Crippen LogP contribution in [0, 0.1) is 6.92 Å². The molecule has 1 unspecified atom stereocenters. The van der Waals surface area contributed by atoms with Crippen LogP contribution in [0.5, 0.6) is 0 Å². The first kappa shape index (κ1) is 23.4. The van der Waals surface area contributed by atoms with Crippen molar-refractivity contribution in [2.75, 3.05) is 24.3 Å². The molecular weight excluding hydrogens is 512 g/mol. The molecule has 1 fully saturated rings. The number of carbonyl (C=O) groups is 3. The lowest BCUT2D eigenvalue weighted by atomic mass is 10.0. The summed E-state index contributed by atoms with van der Waals surface area (Å²) in [7, 11) is 1.25. The number of aliphatic carboxylic acids is 1. The number of nitrogens with one attached hydrogen (secondary N) is 1. The molecule has 0 spiro atoms. The molecule has 4 rings (SSSR count). The van der Waals surface area contributed by atoms with E-state index >= 15 is 0 Å². The summed E-state index contributed by atoms with van der Waals surface area (Å²) >= 11 is 4.85.